The lowest BCUT2D eigenvalue weighted by Crippen LogP contribution is -2.29. The topological polar surface area (TPSA) is 144 Å². The Morgan fingerprint density at radius 2 is 1.91 bits per heavy atom. The molecular formula is C21H26N4O7S. The summed E-state index contributed by atoms with van der Waals surface area (Å²) in [7, 11) is -2.57. The van der Waals surface area contributed by atoms with Gasteiger partial charge in [0, 0.05) is 18.5 Å². The Morgan fingerprint density at radius 3 is 2.48 bits per heavy atom. The van der Waals surface area contributed by atoms with Gasteiger partial charge in [-0.2, -0.15) is 8.42 Å². The van der Waals surface area contributed by atoms with Crippen LogP contribution in [0.2, 0.25) is 0 Å². The van der Waals surface area contributed by atoms with Crippen molar-refractivity contribution in [2.45, 2.75) is 13.8 Å². The summed E-state index contributed by atoms with van der Waals surface area (Å²) in [6, 6.07) is 5.74. The summed E-state index contributed by atoms with van der Waals surface area (Å²) in [4.78, 5) is 29.7. The minimum atomic E-state index is -4.03. The van der Waals surface area contributed by atoms with Crippen LogP contribution in [0, 0.1) is 10.1 Å². The van der Waals surface area contributed by atoms with Crippen molar-refractivity contribution in [3.8, 4) is 11.5 Å². The normalized spacial score (nSPS) is 11.8. The van der Waals surface area contributed by atoms with E-state index in [0.29, 0.717) is 24.4 Å². The minimum absolute atomic E-state index is 0.0335. The van der Waals surface area contributed by atoms with E-state index in [1.165, 1.54) is 13.2 Å². The Bertz CT molecular complexity index is 1360. The van der Waals surface area contributed by atoms with E-state index in [2.05, 4.69) is 15.2 Å². The number of hydrogen-bond donors (Lipinski definition) is 2. The molecule has 12 heteroatoms. The third kappa shape index (κ3) is 5.17. The number of non-ortho nitro benzene ring substituents is 1. The molecule has 1 aromatic heterocycles. The molecule has 0 bridgehead atoms. The van der Waals surface area contributed by atoms with E-state index in [-0.39, 0.29) is 27.7 Å². The smallest absolute Gasteiger partial charge is 0.306 e. The molecule has 2 N–H and O–H groups in total. The molecule has 0 aliphatic carbocycles. The first kappa shape index (κ1) is 24.3. The highest BCUT2D eigenvalue weighted by Crippen LogP contribution is 2.39. The Balaban J connectivity index is 2.35. The number of aromatic nitrogens is 1. The number of H-pyrrole nitrogens is 1. The number of nitro groups is 1. The number of nitro benzene ring substituents is 1. The summed E-state index contributed by atoms with van der Waals surface area (Å²) in [6.45, 7) is 6.57. The Morgan fingerprint density at radius 1 is 1.21 bits per heavy atom. The van der Waals surface area contributed by atoms with Gasteiger partial charge in [-0.05, 0) is 31.3 Å². The number of nitrogens with zero attached hydrogens (tertiary/aromatic N) is 2. The Hall–Kier alpha value is -3.38. The van der Waals surface area contributed by atoms with E-state index >= 15 is 0 Å². The molecule has 178 valence electrons. The zero-order valence-corrected chi connectivity index (χ0v) is 19.6. The first-order chi connectivity index (χ1) is 15.6. The number of methoxy groups -OCH3 is 1. The van der Waals surface area contributed by atoms with Crippen molar-refractivity contribution in [3.05, 3.63) is 44.6 Å². The van der Waals surface area contributed by atoms with Crippen molar-refractivity contribution in [3.63, 3.8) is 0 Å². The second kappa shape index (κ2) is 9.63. The van der Waals surface area contributed by atoms with Gasteiger partial charge >= 0.3 is 10.1 Å². The van der Waals surface area contributed by atoms with Crippen LogP contribution < -0.4 is 19.7 Å². The van der Waals surface area contributed by atoms with E-state index in [1.807, 2.05) is 13.8 Å². The van der Waals surface area contributed by atoms with Gasteiger partial charge in [-0.1, -0.05) is 13.8 Å². The van der Waals surface area contributed by atoms with Gasteiger partial charge in [-0.25, -0.2) is 0 Å². The molecule has 0 spiro atoms. The number of nitrogens with one attached hydrogen (secondary N) is 2. The summed E-state index contributed by atoms with van der Waals surface area (Å²) in [5.74, 6) is 0.116. The quantitative estimate of drug-likeness (QED) is 0.194. The zero-order valence-electron chi connectivity index (χ0n) is 18.8. The molecule has 0 unspecified atom stereocenters. The lowest BCUT2D eigenvalue weighted by atomic mass is 10.1. The van der Waals surface area contributed by atoms with Crippen LogP contribution in [-0.4, -0.2) is 62.8 Å². The van der Waals surface area contributed by atoms with E-state index in [0.717, 1.165) is 25.4 Å². The van der Waals surface area contributed by atoms with Crippen LogP contribution in [0.3, 0.4) is 0 Å². The molecule has 3 rings (SSSR count). The molecule has 11 nitrogen and oxygen atoms in total. The van der Waals surface area contributed by atoms with Crippen molar-refractivity contribution in [1.82, 2.24) is 9.88 Å². The molecule has 33 heavy (non-hydrogen) atoms. The molecule has 0 radical (unpaired) electrons. The highest BCUT2D eigenvalue weighted by atomic mass is 32.2. The number of rotatable bonds is 10. The van der Waals surface area contributed by atoms with Gasteiger partial charge in [0.1, 0.15) is 11.3 Å². The number of hydrogen-bond acceptors (Lipinski definition) is 9. The average Bonchev–Trinajstić information content (AvgIpc) is 2.76. The average molecular weight is 479 g/mol. The van der Waals surface area contributed by atoms with Crippen molar-refractivity contribution >= 4 is 43.3 Å². The van der Waals surface area contributed by atoms with E-state index in [9.17, 15) is 23.3 Å². The third-order valence-corrected chi connectivity index (χ3v) is 5.77. The molecule has 0 aliphatic heterocycles. The van der Waals surface area contributed by atoms with Crippen LogP contribution in [-0.2, 0) is 10.1 Å². The molecule has 0 fully saturated rings. The first-order valence-electron chi connectivity index (χ1n) is 10.3. The minimum Gasteiger partial charge on any atom is -0.497 e. The number of likely N-dealkylation sites (N-methyl/N-ethyl adjacent to an activating group) is 1. The predicted molar refractivity (Wildman–Crippen MR) is 127 cm³/mol. The maximum absolute atomic E-state index is 13.5. The summed E-state index contributed by atoms with van der Waals surface area (Å²) in [5, 5.41) is 15.0. The molecule has 0 aliphatic rings. The number of anilines is 1. The fourth-order valence-electron chi connectivity index (χ4n) is 3.64. The highest BCUT2D eigenvalue weighted by molar-refractivity contribution is 7.86. The van der Waals surface area contributed by atoms with E-state index < -0.39 is 26.2 Å². The third-order valence-electron chi connectivity index (χ3n) is 5.29. The number of benzene rings is 2. The molecule has 0 amide bonds. The van der Waals surface area contributed by atoms with Crippen LogP contribution >= 0.6 is 0 Å². The predicted octanol–water partition coefficient (Wildman–Crippen LogP) is 2.69. The molecular weight excluding hydrogens is 452 g/mol. The largest absolute Gasteiger partial charge is 0.497 e. The molecule has 2 aromatic carbocycles. The van der Waals surface area contributed by atoms with Gasteiger partial charge in [-0.3, -0.25) is 14.9 Å². The van der Waals surface area contributed by atoms with Gasteiger partial charge < -0.3 is 24.1 Å². The SMILES string of the molecule is CCN(CC)CCNc1c(OS(C)(=O)=O)cc([N+](=O)[O-])c2[nH]c3ccc(OC)cc3c(=O)c12. The monoisotopic (exact) mass is 478 g/mol. The van der Waals surface area contributed by atoms with Gasteiger partial charge in [0.25, 0.3) is 5.69 Å². The summed E-state index contributed by atoms with van der Waals surface area (Å²) >= 11 is 0. The summed E-state index contributed by atoms with van der Waals surface area (Å²) in [6.07, 6.45) is 0.832. The number of aromatic amines is 1. The second-order valence-corrected chi connectivity index (χ2v) is 8.96. The molecule has 3 aromatic rings. The van der Waals surface area contributed by atoms with Gasteiger partial charge in [0.2, 0.25) is 0 Å². The van der Waals surface area contributed by atoms with Crippen molar-refractivity contribution in [2.24, 2.45) is 0 Å². The van der Waals surface area contributed by atoms with Crippen molar-refractivity contribution < 1.29 is 22.3 Å². The fraction of sp³-hybridized carbons (Fsp3) is 0.381. The van der Waals surface area contributed by atoms with Crippen molar-refractivity contribution in [2.75, 3.05) is 44.9 Å². The highest BCUT2D eigenvalue weighted by Gasteiger charge is 2.26. The van der Waals surface area contributed by atoms with Crippen LogP contribution in [0.1, 0.15) is 13.8 Å². The first-order valence-corrected chi connectivity index (χ1v) is 12.1. The molecule has 0 atom stereocenters. The lowest BCUT2D eigenvalue weighted by molar-refractivity contribution is -0.383. The zero-order chi connectivity index (χ0) is 24.3. The standard InChI is InChI=1S/C21H26N4O7S/c1-5-24(6-2)10-9-22-20-17(32-33(4,29)30)12-16(25(27)28)19-18(20)21(26)14-11-13(31-3)7-8-15(14)23-19/h7-8,11-12,22H,5-6,9-10H2,1-4H3,(H,23,26). The van der Waals surface area contributed by atoms with Gasteiger partial charge in [-0.15, -0.1) is 0 Å². The van der Waals surface area contributed by atoms with Crippen LogP contribution in [0.25, 0.3) is 21.8 Å². The molecule has 0 saturated heterocycles. The molecule has 0 saturated carbocycles. The second-order valence-electron chi connectivity index (χ2n) is 7.38. The Kier molecular flexibility index (Phi) is 7.08. The lowest BCUT2D eigenvalue weighted by Gasteiger charge is -2.20. The number of fused-ring (bicyclic) bond motifs is 2. The van der Waals surface area contributed by atoms with Crippen LogP contribution in [0.5, 0.6) is 11.5 Å². The number of ether oxygens (including phenoxy) is 1. The van der Waals surface area contributed by atoms with Gasteiger partial charge in [0.15, 0.2) is 11.2 Å². The van der Waals surface area contributed by atoms with Crippen LogP contribution in [0.4, 0.5) is 11.4 Å². The fourth-order valence-corrected chi connectivity index (χ4v) is 4.10. The summed E-state index contributed by atoms with van der Waals surface area (Å²) in [5.41, 5.74) is -0.590. The summed E-state index contributed by atoms with van der Waals surface area (Å²) < 4.78 is 34.1. The Labute approximate surface area is 190 Å². The maximum atomic E-state index is 13.5. The van der Waals surface area contributed by atoms with Crippen molar-refractivity contribution in [1.29, 1.82) is 0 Å². The molecule has 1 heterocycles. The van der Waals surface area contributed by atoms with E-state index in [1.54, 1.807) is 12.1 Å². The van der Waals surface area contributed by atoms with Gasteiger partial charge in [0.05, 0.1) is 40.9 Å². The van der Waals surface area contributed by atoms with Crippen LogP contribution in [0.15, 0.2) is 29.1 Å². The maximum Gasteiger partial charge on any atom is 0.306 e. The van der Waals surface area contributed by atoms with E-state index in [4.69, 9.17) is 8.92 Å². The number of pyridine rings is 1.